The molecule has 0 radical (unpaired) electrons. The molecule has 1 saturated heterocycles. The number of nitrogens with zero attached hydrogens (tertiary/aromatic N) is 1. The Morgan fingerprint density at radius 2 is 2.28 bits per heavy atom. The van der Waals surface area contributed by atoms with Crippen LogP contribution in [0.2, 0.25) is 0 Å². The quantitative estimate of drug-likeness (QED) is 0.778. The Balaban J connectivity index is 2.26. The van der Waals surface area contributed by atoms with Crippen molar-refractivity contribution in [2.75, 3.05) is 30.8 Å². The molecule has 0 bridgehead atoms. The van der Waals surface area contributed by atoms with Gasteiger partial charge in [-0.25, -0.2) is 4.39 Å². The Kier molecular flexibility index (Phi) is 3.27. The predicted octanol–water partition coefficient (Wildman–Crippen LogP) is 0.728. The van der Waals surface area contributed by atoms with E-state index in [9.17, 15) is 9.18 Å². The molecule has 6 heteroatoms. The summed E-state index contributed by atoms with van der Waals surface area (Å²) >= 11 is 0. The van der Waals surface area contributed by atoms with Crippen molar-refractivity contribution in [2.45, 2.75) is 6.42 Å². The number of nitrogens with two attached hydrogens (primary N) is 2. The lowest BCUT2D eigenvalue weighted by molar-refractivity contribution is -0.121. The van der Waals surface area contributed by atoms with Gasteiger partial charge in [-0.3, -0.25) is 4.79 Å². The van der Waals surface area contributed by atoms with E-state index in [0.29, 0.717) is 30.9 Å². The number of halogens is 1. The van der Waals surface area contributed by atoms with Crippen molar-refractivity contribution >= 4 is 17.3 Å². The van der Waals surface area contributed by atoms with Crippen LogP contribution in [-0.4, -0.2) is 26.1 Å². The topological polar surface area (TPSA) is 81.6 Å². The van der Waals surface area contributed by atoms with E-state index in [1.54, 1.807) is 11.0 Å². The number of anilines is 2. The highest BCUT2D eigenvalue weighted by molar-refractivity contribution is 5.78. The zero-order valence-corrected chi connectivity index (χ0v) is 10.1. The lowest BCUT2D eigenvalue weighted by atomic mass is 10.1. The molecule has 0 spiro atoms. The Hall–Kier alpha value is -1.98. The highest BCUT2D eigenvalue weighted by atomic mass is 19.1. The third-order valence-corrected chi connectivity index (χ3v) is 3.23. The van der Waals surface area contributed by atoms with Crippen LogP contribution in [0.15, 0.2) is 12.1 Å². The lowest BCUT2D eigenvalue weighted by Gasteiger charge is -2.20. The Bertz CT molecular complexity index is 479. The van der Waals surface area contributed by atoms with Crippen LogP contribution in [0, 0.1) is 11.7 Å². The van der Waals surface area contributed by atoms with Gasteiger partial charge in [0, 0.05) is 25.2 Å². The van der Waals surface area contributed by atoms with Gasteiger partial charge in [-0.15, -0.1) is 0 Å². The van der Waals surface area contributed by atoms with Crippen LogP contribution in [-0.2, 0) is 4.79 Å². The van der Waals surface area contributed by atoms with Crippen LogP contribution < -0.4 is 21.1 Å². The van der Waals surface area contributed by atoms with Crippen LogP contribution in [0.5, 0.6) is 5.75 Å². The number of ether oxygens (including phenoxy) is 1. The van der Waals surface area contributed by atoms with Crippen LogP contribution in [0.3, 0.4) is 0 Å². The summed E-state index contributed by atoms with van der Waals surface area (Å²) in [7, 11) is 1.48. The summed E-state index contributed by atoms with van der Waals surface area (Å²) in [5.74, 6) is -0.569. The largest absolute Gasteiger partial charge is 0.495 e. The van der Waals surface area contributed by atoms with Crippen LogP contribution in [0.25, 0.3) is 0 Å². The Labute approximate surface area is 104 Å². The van der Waals surface area contributed by atoms with E-state index in [1.807, 2.05) is 0 Å². The van der Waals surface area contributed by atoms with Gasteiger partial charge in [0.2, 0.25) is 5.91 Å². The van der Waals surface area contributed by atoms with E-state index in [4.69, 9.17) is 16.2 Å². The molecule has 4 N–H and O–H groups in total. The fraction of sp³-hybridized carbons (Fsp3) is 0.417. The molecule has 98 valence electrons. The molecule has 1 aromatic carbocycles. The van der Waals surface area contributed by atoms with Gasteiger partial charge in [0.15, 0.2) is 0 Å². The maximum absolute atomic E-state index is 13.9. The second kappa shape index (κ2) is 4.72. The highest BCUT2D eigenvalue weighted by Crippen LogP contribution is 2.33. The fourth-order valence-electron chi connectivity index (χ4n) is 2.19. The van der Waals surface area contributed by atoms with Crippen LogP contribution in [0.4, 0.5) is 15.8 Å². The molecule has 1 aliphatic rings. The first kappa shape index (κ1) is 12.5. The zero-order valence-electron chi connectivity index (χ0n) is 10.1. The van der Waals surface area contributed by atoms with Gasteiger partial charge >= 0.3 is 0 Å². The van der Waals surface area contributed by atoms with Gasteiger partial charge in [-0.2, -0.15) is 0 Å². The maximum Gasteiger partial charge on any atom is 0.222 e. The minimum Gasteiger partial charge on any atom is -0.495 e. The SMILES string of the molecule is COc1cc(N2CCC(C(N)=O)C2)c(F)cc1N. The summed E-state index contributed by atoms with van der Waals surface area (Å²) in [5.41, 5.74) is 11.5. The molecule has 1 heterocycles. The summed E-state index contributed by atoms with van der Waals surface area (Å²) < 4.78 is 18.9. The average molecular weight is 253 g/mol. The van der Waals surface area contributed by atoms with E-state index >= 15 is 0 Å². The van der Waals surface area contributed by atoms with Gasteiger partial charge in [0.05, 0.1) is 24.4 Å². The van der Waals surface area contributed by atoms with Crippen LogP contribution in [0.1, 0.15) is 6.42 Å². The second-order valence-corrected chi connectivity index (χ2v) is 4.38. The first-order valence-corrected chi connectivity index (χ1v) is 5.70. The van der Waals surface area contributed by atoms with Crippen molar-refractivity contribution in [3.8, 4) is 5.75 Å². The number of hydrogen-bond acceptors (Lipinski definition) is 4. The minimum absolute atomic E-state index is 0.229. The summed E-state index contributed by atoms with van der Waals surface area (Å²) in [4.78, 5) is 12.9. The molecule has 0 aromatic heterocycles. The van der Waals surface area contributed by atoms with Gasteiger partial charge in [0.1, 0.15) is 11.6 Å². The molecule has 1 fully saturated rings. The van der Waals surface area contributed by atoms with Crippen molar-refractivity contribution in [1.29, 1.82) is 0 Å². The zero-order chi connectivity index (χ0) is 13.3. The van der Waals surface area contributed by atoms with E-state index in [1.165, 1.54) is 13.2 Å². The molecule has 2 rings (SSSR count). The monoisotopic (exact) mass is 253 g/mol. The molecule has 0 saturated carbocycles. The third-order valence-electron chi connectivity index (χ3n) is 3.23. The first-order chi connectivity index (χ1) is 8.52. The van der Waals surface area contributed by atoms with Crippen molar-refractivity contribution in [3.05, 3.63) is 17.9 Å². The molecule has 0 aliphatic carbocycles. The molecule has 5 nitrogen and oxygen atoms in total. The second-order valence-electron chi connectivity index (χ2n) is 4.38. The van der Waals surface area contributed by atoms with Gasteiger partial charge in [-0.1, -0.05) is 0 Å². The lowest BCUT2D eigenvalue weighted by Crippen LogP contribution is -2.27. The summed E-state index contributed by atoms with van der Waals surface area (Å²) in [6.45, 7) is 1.02. The Morgan fingerprint density at radius 1 is 1.56 bits per heavy atom. The number of carbonyl (C=O) groups is 1. The molecule has 1 unspecified atom stereocenters. The van der Waals surface area contributed by atoms with E-state index < -0.39 is 5.82 Å². The van der Waals surface area contributed by atoms with Crippen molar-refractivity contribution < 1.29 is 13.9 Å². The van der Waals surface area contributed by atoms with Crippen molar-refractivity contribution in [2.24, 2.45) is 11.7 Å². The van der Waals surface area contributed by atoms with Gasteiger partial charge in [-0.05, 0) is 6.42 Å². The van der Waals surface area contributed by atoms with Crippen molar-refractivity contribution in [3.63, 3.8) is 0 Å². The summed E-state index contributed by atoms with van der Waals surface area (Å²) in [5, 5.41) is 0. The normalized spacial score (nSPS) is 19.0. The number of amides is 1. The molecule has 1 aromatic rings. The number of nitrogen functional groups attached to an aromatic ring is 1. The molecule has 1 atom stereocenters. The fourth-order valence-corrected chi connectivity index (χ4v) is 2.19. The number of benzene rings is 1. The van der Waals surface area contributed by atoms with Crippen molar-refractivity contribution in [1.82, 2.24) is 0 Å². The minimum atomic E-state index is -0.418. The average Bonchev–Trinajstić information content (AvgIpc) is 2.78. The number of hydrogen-bond donors (Lipinski definition) is 2. The molecular formula is C12H16FN3O2. The van der Waals surface area contributed by atoms with E-state index in [-0.39, 0.29) is 17.5 Å². The van der Waals surface area contributed by atoms with E-state index in [0.717, 1.165) is 0 Å². The van der Waals surface area contributed by atoms with Crippen LogP contribution >= 0.6 is 0 Å². The summed E-state index contributed by atoms with van der Waals surface area (Å²) in [6.07, 6.45) is 0.640. The smallest absolute Gasteiger partial charge is 0.222 e. The van der Waals surface area contributed by atoms with Gasteiger partial charge in [0.25, 0.3) is 0 Å². The predicted molar refractivity (Wildman–Crippen MR) is 66.9 cm³/mol. The number of rotatable bonds is 3. The molecular weight excluding hydrogens is 237 g/mol. The number of primary amides is 1. The van der Waals surface area contributed by atoms with E-state index in [2.05, 4.69) is 0 Å². The first-order valence-electron chi connectivity index (χ1n) is 5.70. The maximum atomic E-state index is 13.9. The van der Waals surface area contributed by atoms with Gasteiger partial charge < -0.3 is 21.1 Å². The molecule has 1 amide bonds. The Morgan fingerprint density at radius 3 is 2.83 bits per heavy atom. The molecule has 18 heavy (non-hydrogen) atoms. The highest BCUT2D eigenvalue weighted by Gasteiger charge is 2.28. The summed E-state index contributed by atoms with van der Waals surface area (Å²) in [6, 6.07) is 2.78. The molecule has 1 aliphatic heterocycles. The number of carbonyl (C=O) groups excluding carboxylic acids is 1. The third kappa shape index (κ3) is 2.18. The standard InChI is InChI=1S/C12H16FN3O2/c1-18-11-5-10(8(13)4-9(11)14)16-3-2-7(6-16)12(15)17/h4-5,7H,2-3,6,14H2,1H3,(H2,15,17). The number of methoxy groups -OCH3 is 1.